The summed E-state index contributed by atoms with van der Waals surface area (Å²) < 4.78 is 0. The van der Waals surface area contributed by atoms with Crippen LogP contribution in [0.4, 0.5) is 0 Å². The molecule has 36 heavy (non-hydrogen) atoms. The van der Waals surface area contributed by atoms with Gasteiger partial charge in [0.15, 0.2) is 0 Å². The molecule has 6 aromatic rings. The number of pyridine rings is 5. The lowest BCUT2D eigenvalue weighted by molar-refractivity contribution is 1.15. The predicted molar refractivity (Wildman–Crippen MR) is 138 cm³/mol. The van der Waals surface area contributed by atoms with Crippen LogP contribution in [0.25, 0.3) is 56.9 Å². The highest BCUT2D eigenvalue weighted by Gasteiger charge is 2.15. The highest BCUT2D eigenvalue weighted by atomic mass is 14.9. The fourth-order valence-electron chi connectivity index (χ4n) is 3.88. The number of aromatic nitrogens is 7. The van der Waals surface area contributed by atoms with Crippen molar-refractivity contribution in [2.45, 2.75) is 0 Å². The minimum Gasteiger partial charge on any atom is -0.255 e. The van der Waals surface area contributed by atoms with E-state index < -0.39 is 0 Å². The Hall–Kier alpha value is -5.17. The van der Waals surface area contributed by atoms with Gasteiger partial charge >= 0.3 is 0 Å². The Morgan fingerprint density at radius 2 is 0.639 bits per heavy atom. The van der Waals surface area contributed by atoms with Crippen LogP contribution in [0.15, 0.2) is 116 Å². The number of nitrogens with zero attached hydrogens (tertiary/aromatic N) is 7. The van der Waals surface area contributed by atoms with Gasteiger partial charge in [0.05, 0.1) is 45.6 Å². The van der Waals surface area contributed by atoms with E-state index in [1.165, 1.54) is 0 Å². The van der Waals surface area contributed by atoms with Gasteiger partial charge in [-0.25, -0.2) is 15.0 Å². The molecule has 0 aromatic carbocycles. The fraction of sp³-hybridized carbons (Fsp3) is 0. The third-order valence-corrected chi connectivity index (χ3v) is 5.55. The largest absolute Gasteiger partial charge is 0.255 e. The van der Waals surface area contributed by atoms with Crippen LogP contribution in [-0.2, 0) is 0 Å². The standard InChI is InChI=1S/C29H19N7/c1-3-16-30-20(8-1)22-10-5-12-24(34-22)25-13-7-15-27(36-25)29-28(32-18-19-33-29)26-14-6-11-23(35-26)21-9-2-4-17-31-21/h1-19H. The molecule has 0 spiro atoms. The van der Waals surface area contributed by atoms with Crippen molar-refractivity contribution >= 4 is 0 Å². The third-order valence-electron chi connectivity index (χ3n) is 5.55. The molecule has 0 aliphatic rings. The van der Waals surface area contributed by atoms with Crippen LogP contribution in [0, 0.1) is 0 Å². The van der Waals surface area contributed by atoms with Crippen molar-refractivity contribution in [3.63, 3.8) is 0 Å². The van der Waals surface area contributed by atoms with Gasteiger partial charge in [-0.2, -0.15) is 0 Å². The molecule has 0 N–H and O–H groups in total. The molecule has 0 amide bonds. The Morgan fingerprint density at radius 3 is 1.06 bits per heavy atom. The highest BCUT2D eigenvalue weighted by molar-refractivity contribution is 5.76. The molecule has 0 fully saturated rings. The van der Waals surface area contributed by atoms with Crippen molar-refractivity contribution in [3.8, 4) is 56.9 Å². The summed E-state index contributed by atoms with van der Waals surface area (Å²) in [6, 6.07) is 29.0. The third kappa shape index (κ3) is 4.33. The van der Waals surface area contributed by atoms with Crippen LogP contribution in [-0.4, -0.2) is 34.9 Å². The Morgan fingerprint density at radius 1 is 0.278 bits per heavy atom. The monoisotopic (exact) mass is 465 g/mol. The van der Waals surface area contributed by atoms with Gasteiger partial charge in [-0.15, -0.1) is 0 Å². The Balaban J connectivity index is 1.40. The first-order chi connectivity index (χ1) is 17.8. The molecule has 0 bridgehead atoms. The average molecular weight is 466 g/mol. The summed E-state index contributed by atoms with van der Waals surface area (Å²) in [6.45, 7) is 0. The van der Waals surface area contributed by atoms with E-state index in [0.29, 0.717) is 22.8 Å². The first-order valence-corrected chi connectivity index (χ1v) is 11.4. The predicted octanol–water partition coefficient (Wildman–Crippen LogP) is 5.79. The molecule has 0 saturated carbocycles. The summed E-state index contributed by atoms with van der Waals surface area (Å²) in [6.07, 6.45) is 6.84. The van der Waals surface area contributed by atoms with Crippen LogP contribution in [0.2, 0.25) is 0 Å². The first-order valence-electron chi connectivity index (χ1n) is 11.4. The SMILES string of the molecule is c1ccc(-c2cccc(-c3cccc(-c4nccnc4-c4cccc(-c5ccccn5)n4)n3)n2)nc1. The molecule has 0 atom stereocenters. The zero-order valence-corrected chi connectivity index (χ0v) is 19.1. The van der Waals surface area contributed by atoms with Crippen LogP contribution >= 0.6 is 0 Å². The topological polar surface area (TPSA) is 90.2 Å². The second-order valence-electron chi connectivity index (χ2n) is 7.91. The average Bonchev–Trinajstić information content (AvgIpc) is 2.98. The Kier molecular flexibility index (Phi) is 5.70. The number of hydrogen-bond donors (Lipinski definition) is 0. The molecule has 6 rings (SSSR count). The summed E-state index contributed by atoms with van der Waals surface area (Å²) in [5.74, 6) is 0. The minimum absolute atomic E-state index is 0.644. The lowest BCUT2D eigenvalue weighted by Crippen LogP contribution is -1.98. The molecular weight excluding hydrogens is 446 g/mol. The van der Waals surface area contributed by atoms with E-state index in [1.807, 2.05) is 91.0 Å². The van der Waals surface area contributed by atoms with Crippen molar-refractivity contribution in [2.75, 3.05) is 0 Å². The van der Waals surface area contributed by atoms with E-state index >= 15 is 0 Å². The smallest absolute Gasteiger partial charge is 0.116 e. The van der Waals surface area contributed by atoms with Crippen LogP contribution in [0.1, 0.15) is 0 Å². The lowest BCUT2D eigenvalue weighted by Gasteiger charge is -2.10. The van der Waals surface area contributed by atoms with Gasteiger partial charge in [-0.1, -0.05) is 30.3 Å². The molecule has 170 valence electrons. The zero-order valence-electron chi connectivity index (χ0n) is 19.1. The van der Waals surface area contributed by atoms with E-state index in [2.05, 4.69) is 19.9 Å². The van der Waals surface area contributed by atoms with Gasteiger partial charge in [0, 0.05) is 24.8 Å². The van der Waals surface area contributed by atoms with E-state index in [4.69, 9.17) is 15.0 Å². The van der Waals surface area contributed by atoms with Crippen molar-refractivity contribution in [1.82, 2.24) is 34.9 Å². The molecule has 0 unspecified atom stereocenters. The molecule has 7 nitrogen and oxygen atoms in total. The normalized spacial score (nSPS) is 10.8. The molecule has 6 heterocycles. The van der Waals surface area contributed by atoms with E-state index in [0.717, 1.165) is 34.2 Å². The summed E-state index contributed by atoms with van der Waals surface area (Å²) in [4.78, 5) is 32.5. The minimum atomic E-state index is 0.644. The van der Waals surface area contributed by atoms with Crippen LogP contribution < -0.4 is 0 Å². The molecule has 0 radical (unpaired) electrons. The summed E-state index contributed by atoms with van der Waals surface area (Å²) >= 11 is 0. The maximum Gasteiger partial charge on any atom is 0.116 e. The van der Waals surface area contributed by atoms with Crippen LogP contribution in [0.5, 0.6) is 0 Å². The number of rotatable bonds is 5. The molecular formula is C29H19N7. The lowest BCUT2D eigenvalue weighted by atomic mass is 10.1. The van der Waals surface area contributed by atoms with Crippen molar-refractivity contribution in [2.24, 2.45) is 0 Å². The quantitative estimate of drug-likeness (QED) is 0.318. The van der Waals surface area contributed by atoms with Gasteiger partial charge < -0.3 is 0 Å². The van der Waals surface area contributed by atoms with Gasteiger partial charge in [0.2, 0.25) is 0 Å². The summed E-state index contributed by atoms with van der Waals surface area (Å²) in [7, 11) is 0. The summed E-state index contributed by atoms with van der Waals surface area (Å²) in [5, 5.41) is 0. The van der Waals surface area contributed by atoms with E-state index in [-0.39, 0.29) is 0 Å². The second kappa shape index (κ2) is 9.60. The molecule has 0 saturated heterocycles. The maximum atomic E-state index is 4.89. The Bertz CT molecular complexity index is 1640. The van der Waals surface area contributed by atoms with Crippen molar-refractivity contribution in [1.29, 1.82) is 0 Å². The summed E-state index contributed by atoms with van der Waals surface area (Å²) in [5.41, 5.74) is 7.32. The second-order valence-corrected chi connectivity index (χ2v) is 7.91. The molecule has 6 aromatic heterocycles. The van der Waals surface area contributed by atoms with Gasteiger partial charge in [0.1, 0.15) is 11.4 Å². The van der Waals surface area contributed by atoms with E-state index in [1.54, 1.807) is 24.8 Å². The number of hydrogen-bond acceptors (Lipinski definition) is 7. The van der Waals surface area contributed by atoms with Crippen molar-refractivity contribution < 1.29 is 0 Å². The Labute approximate surface area is 207 Å². The van der Waals surface area contributed by atoms with Gasteiger partial charge in [-0.3, -0.25) is 19.9 Å². The van der Waals surface area contributed by atoms with Crippen molar-refractivity contribution in [3.05, 3.63) is 116 Å². The molecule has 0 aliphatic carbocycles. The van der Waals surface area contributed by atoms with Gasteiger partial charge in [-0.05, 0) is 60.7 Å². The molecule has 0 aliphatic heterocycles. The van der Waals surface area contributed by atoms with Gasteiger partial charge in [0.25, 0.3) is 0 Å². The zero-order chi connectivity index (χ0) is 24.2. The maximum absolute atomic E-state index is 4.89. The first kappa shape index (κ1) is 21.4. The van der Waals surface area contributed by atoms with E-state index in [9.17, 15) is 0 Å². The van der Waals surface area contributed by atoms with Crippen LogP contribution in [0.3, 0.4) is 0 Å². The molecule has 7 heteroatoms. The highest BCUT2D eigenvalue weighted by Crippen LogP contribution is 2.29. The fourth-order valence-corrected chi connectivity index (χ4v) is 3.88.